The summed E-state index contributed by atoms with van der Waals surface area (Å²) < 4.78 is 0. The van der Waals surface area contributed by atoms with Crippen molar-refractivity contribution in [2.75, 3.05) is 11.5 Å². The summed E-state index contributed by atoms with van der Waals surface area (Å²) in [5, 5.41) is 9.47. The van der Waals surface area contributed by atoms with Crippen LogP contribution < -0.4 is 11.5 Å². The third-order valence-electron chi connectivity index (χ3n) is 5.02. The molecule has 6 heteroatoms. The van der Waals surface area contributed by atoms with Crippen LogP contribution in [0, 0.1) is 0 Å². The van der Waals surface area contributed by atoms with Crippen LogP contribution in [0.25, 0.3) is 0 Å². The van der Waals surface area contributed by atoms with E-state index in [9.17, 15) is 0 Å². The number of anilines is 2. The number of benzene rings is 3. The van der Waals surface area contributed by atoms with Crippen LogP contribution >= 0.6 is 11.6 Å². The number of nitrogen functional groups attached to an aromatic ring is 2. The Balaban J connectivity index is 1.81. The van der Waals surface area contributed by atoms with E-state index in [1.54, 1.807) is 24.3 Å². The fourth-order valence-corrected chi connectivity index (χ4v) is 3.66. The molecule has 4 rings (SSSR count). The molecule has 0 bridgehead atoms. The summed E-state index contributed by atoms with van der Waals surface area (Å²) in [6.07, 6.45) is 0.761. The Hall–Kier alpha value is -3.70. The van der Waals surface area contributed by atoms with Gasteiger partial charge in [0, 0.05) is 10.9 Å². The molecule has 3 aromatic carbocycles. The zero-order chi connectivity index (χ0) is 21.6. The molecule has 154 valence electrons. The number of hydrogen-bond acceptors (Lipinski definition) is 5. The molecule has 0 aliphatic carbocycles. The van der Waals surface area contributed by atoms with Crippen LogP contribution in [0.2, 0.25) is 5.02 Å². The maximum atomic E-state index is 6.25. The van der Waals surface area contributed by atoms with Gasteiger partial charge in [-0.2, -0.15) is 5.11 Å². The van der Waals surface area contributed by atoms with Gasteiger partial charge in [-0.3, -0.25) is 0 Å². The highest BCUT2D eigenvalue weighted by Gasteiger charge is 2.21. The number of nitrogens with zero attached hydrogens (tertiary/aromatic N) is 3. The van der Waals surface area contributed by atoms with Crippen molar-refractivity contribution in [1.82, 2.24) is 4.98 Å². The molecule has 0 fully saturated rings. The zero-order valence-corrected chi connectivity index (χ0v) is 17.6. The standard InChI is InChI=1S/C25H22ClN5/c26-19-11-13-20(14-12-19)30-31-24-22(16-23(27)29-25(24)28)21(18-9-5-2-6-10-18)15-17-7-3-1-4-8-17/h1-14,16,21H,15H2,(H4,27,28,29)/b31-30+. The summed E-state index contributed by atoms with van der Waals surface area (Å²) >= 11 is 5.97. The van der Waals surface area contributed by atoms with Gasteiger partial charge in [0.1, 0.15) is 11.5 Å². The van der Waals surface area contributed by atoms with Gasteiger partial charge in [0.2, 0.25) is 0 Å². The Bertz CT molecular complexity index is 1180. The van der Waals surface area contributed by atoms with Crippen molar-refractivity contribution in [3.8, 4) is 0 Å². The molecule has 1 unspecified atom stereocenters. The Labute approximate surface area is 186 Å². The van der Waals surface area contributed by atoms with E-state index in [1.807, 2.05) is 42.5 Å². The second kappa shape index (κ2) is 9.41. The highest BCUT2D eigenvalue weighted by Crippen LogP contribution is 2.39. The lowest BCUT2D eigenvalue weighted by molar-refractivity contribution is 0.803. The highest BCUT2D eigenvalue weighted by molar-refractivity contribution is 6.30. The molecular formula is C25H22ClN5. The van der Waals surface area contributed by atoms with E-state index < -0.39 is 0 Å². The van der Waals surface area contributed by atoms with Gasteiger partial charge < -0.3 is 11.5 Å². The lowest BCUT2D eigenvalue weighted by atomic mass is 9.85. The van der Waals surface area contributed by atoms with Crippen LogP contribution in [0.1, 0.15) is 22.6 Å². The van der Waals surface area contributed by atoms with Gasteiger partial charge in [-0.25, -0.2) is 4.98 Å². The average molecular weight is 428 g/mol. The maximum absolute atomic E-state index is 6.25. The summed E-state index contributed by atoms with van der Waals surface area (Å²) in [6, 6.07) is 29.5. The number of rotatable bonds is 6. The summed E-state index contributed by atoms with van der Waals surface area (Å²) in [6.45, 7) is 0. The fraction of sp³-hybridized carbons (Fsp3) is 0.0800. The van der Waals surface area contributed by atoms with Gasteiger partial charge in [-0.1, -0.05) is 72.3 Å². The number of nitrogens with two attached hydrogens (primary N) is 2. The third-order valence-corrected chi connectivity index (χ3v) is 5.27. The predicted octanol–water partition coefficient (Wildman–Crippen LogP) is 6.69. The van der Waals surface area contributed by atoms with E-state index in [0.29, 0.717) is 22.2 Å². The van der Waals surface area contributed by atoms with E-state index in [0.717, 1.165) is 17.5 Å². The molecule has 1 heterocycles. The molecule has 0 saturated heterocycles. The van der Waals surface area contributed by atoms with Crippen molar-refractivity contribution in [2.45, 2.75) is 12.3 Å². The highest BCUT2D eigenvalue weighted by atomic mass is 35.5. The van der Waals surface area contributed by atoms with Crippen LogP contribution in [0.15, 0.2) is 101 Å². The minimum absolute atomic E-state index is 0.0182. The normalized spacial score (nSPS) is 12.2. The molecule has 0 radical (unpaired) electrons. The van der Waals surface area contributed by atoms with E-state index >= 15 is 0 Å². The Kier molecular flexibility index (Phi) is 6.24. The monoisotopic (exact) mass is 427 g/mol. The molecule has 5 nitrogen and oxygen atoms in total. The molecular weight excluding hydrogens is 406 g/mol. The molecule has 1 aromatic heterocycles. The molecule has 1 atom stereocenters. The van der Waals surface area contributed by atoms with E-state index in [1.165, 1.54) is 5.56 Å². The van der Waals surface area contributed by atoms with Crippen LogP contribution in [-0.4, -0.2) is 4.98 Å². The van der Waals surface area contributed by atoms with Gasteiger partial charge in [-0.05, 0) is 53.4 Å². The molecule has 4 aromatic rings. The smallest absolute Gasteiger partial charge is 0.154 e. The molecule has 31 heavy (non-hydrogen) atoms. The summed E-state index contributed by atoms with van der Waals surface area (Å²) in [5.74, 6) is 0.587. The van der Waals surface area contributed by atoms with Gasteiger partial charge in [0.15, 0.2) is 5.82 Å². The molecule has 4 N–H and O–H groups in total. The van der Waals surface area contributed by atoms with E-state index in [2.05, 4.69) is 39.5 Å². The van der Waals surface area contributed by atoms with Gasteiger partial charge in [0.25, 0.3) is 0 Å². The van der Waals surface area contributed by atoms with Crippen molar-refractivity contribution in [3.05, 3.63) is 113 Å². The van der Waals surface area contributed by atoms with E-state index in [-0.39, 0.29) is 11.7 Å². The summed E-state index contributed by atoms with van der Waals surface area (Å²) in [7, 11) is 0. The zero-order valence-electron chi connectivity index (χ0n) is 16.8. The van der Waals surface area contributed by atoms with Gasteiger partial charge in [0.05, 0.1) is 5.69 Å². The molecule has 0 aliphatic rings. The third kappa shape index (κ3) is 5.08. The second-order valence-electron chi connectivity index (χ2n) is 7.20. The topological polar surface area (TPSA) is 89.6 Å². The first-order chi connectivity index (χ1) is 15.1. The number of pyridine rings is 1. The lowest BCUT2D eigenvalue weighted by Crippen LogP contribution is -2.09. The Morgan fingerprint density at radius 1 is 0.806 bits per heavy atom. The number of aromatic nitrogens is 1. The van der Waals surface area contributed by atoms with Crippen molar-refractivity contribution >= 4 is 34.6 Å². The summed E-state index contributed by atoms with van der Waals surface area (Å²) in [4.78, 5) is 4.22. The van der Waals surface area contributed by atoms with Crippen LogP contribution in [-0.2, 0) is 6.42 Å². The Morgan fingerprint density at radius 2 is 1.45 bits per heavy atom. The quantitative estimate of drug-likeness (QED) is 0.336. The minimum Gasteiger partial charge on any atom is -0.384 e. The second-order valence-corrected chi connectivity index (χ2v) is 7.64. The van der Waals surface area contributed by atoms with Gasteiger partial charge >= 0.3 is 0 Å². The van der Waals surface area contributed by atoms with Crippen molar-refractivity contribution in [2.24, 2.45) is 10.2 Å². The fourth-order valence-electron chi connectivity index (χ4n) is 3.53. The van der Waals surface area contributed by atoms with Crippen LogP contribution in [0.4, 0.5) is 23.0 Å². The van der Waals surface area contributed by atoms with Crippen LogP contribution in [0.3, 0.4) is 0 Å². The average Bonchev–Trinajstić information content (AvgIpc) is 2.79. The largest absolute Gasteiger partial charge is 0.384 e. The van der Waals surface area contributed by atoms with Crippen molar-refractivity contribution in [1.29, 1.82) is 0 Å². The molecule has 0 saturated carbocycles. The molecule has 0 amide bonds. The number of halogens is 1. The summed E-state index contributed by atoms with van der Waals surface area (Å²) in [5.41, 5.74) is 16.8. The van der Waals surface area contributed by atoms with Crippen molar-refractivity contribution < 1.29 is 0 Å². The first-order valence-corrected chi connectivity index (χ1v) is 10.3. The first-order valence-electron chi connectivity index (χ1n) is 9.92. The van der Waals surface area contributed by atoms with E-state index in [4.69, 9.17) is 23.1 Å². The molecule has 0 spiro atoms. The number of azo groups is 1. The van der Waals surface area contributed by atoms with Gasteiger partial charge in [-0.15, -0.1) is 5.11 Å². The van der Waals surface area contributed by atoms with Crippen LogP contribution in [0.5, 0.6) is 0 Å². The SMILES string of the molecule is Nc1cc(C(Cc2ccccc2)c2ccccc2)c(/N=N/c2ccc(Cl)cc2)c(N)n1. The first kappa shape index (κ1) is 20.6. The predicted molar refractivity (Wildman–Crippen MR) is 127 cm³/mol. The molecule has 0 aliphatic heterocycles. The lowest BCUT2D eigenvalue weighted by Gasteiger charge is -2.21. The van der Waals surface area contributed by atoms with Crippen molar-refractivity contribution in [3.63, 3.8) is 0 Å². The Morgan fingerprint density at radius 3 is 2.13 bits per heavy atom. The number of hydrogen-bond donors (Lipinski definition) is 2. The minimum atomic E-state index is -0.0182. The maximum Gasteiger partial charge on any atom is 0.154 e.